The van der Waals surface area contributed by atoms with Gasteiger partial charge in [0.15, 0.2) is 11.5 Å². The highest BCUT2D eigenvalue weighted by Crippen LogP contribution is 2.40. The summed E-state index contributed by atoms with van der Waals surface area (Å²) in [5, 5.41) is 23.8. The molecule has 0 aliphatic heterocycles. The van der Waals surface area contributed by atoms with Crippen LogP contribution in [0.4, 0.5) is 0 Å². The molecule has 0 fully saturated rings. The van der Waals surface area contributed by atoms with Gasteiger partial charge in [0.05, 0.1) is 43.5 Å². The number of hydrazone groups is 1. The van der Waals surface area contributed by atoms with Crippen molar-refractivity contribution >= 4 is 23.4 Å². The zero-order chi connectivity index (χ0) is 27.1. The molecule has 196 valence electrons. The SMILES string of the molecule is COc1cc(-c2[nH]nc(SCC(=O)N/N=C(/C)c3cccc([O-])c3)[n+]2-c2ccccc2)cc(OC)c1OC. The molecule has 3 aromatic carbocycles. The van der Waals surface area contributed by atoms with Gasteiger partial charge in [-0.05, 0) is 48.5 Å². The molecule has 4 rings (SSSR count). The van der Waals surface area contributed by atoms with Crippen molar-refractivity contribution in [1.82, 2.24) is 15.6 Å². The van der Waals surface area contributed by atoms with E-state index in [0.717, 1.165) is 11.3 Å². The quantitative estimate of drug-likeness (QED) is 0.139. The van der Waals surface area contributed by atoms with Crippen molar-refractivity contribution < 1.29 is 28.7 Å². The monoisotopic (exact) mass is 533 g/mol. The molecule has 0 saturated heterocycles. The van der Waals surface area contributed by atoms with Gasteiger partial charge in [0, 0.05) is 0 Å². The summed E-state index contributed by atoms with van der Waals surface area (Å²) >= 11 is 1.25. The van der Waals surface area contributed by atoms with Crippen LogP contribution in [0.25, 0.3) is 17.1 Å². The number of hydrogen-bond donors (Lipinski definition) is 2. The number of thioether (sulfide) groups is 1. The van der Waals surface area contributed by atoms with Crippen LogP contribution in [-0.4, -0.2) is 48.9 Å². The number of hydrogen-bond acceptors (Lipinski definition) is 8. The second kappa shape index (κ2) is 12.2. The van der Waals surface area contributed by atoms with E-state index in [4.69, 9.17) is 14.2 Å². The maximum atomic E-state index is 12.6. The molecular formula is C27H27N5O5S. The predicted octanol–water partition coefficient (Wildman–Crippen LogP) is 3.09. The lowest BCUT2D eigenvalue weighted by Crippen LogP contribution is -2.34. The van der Waals surface area contributed by atoms with Crippen molar-refractivity contribution in [2.24, 2.45) is 5.10 Å². The Bertz CT molecular complexity index is 1430. The van der Waals surface area contributed by atoms with E-state index in [2.05, 4.69) is 20.7 Å². The van der Waals surface area contributed by atoms with Gasteiger partial charge in [0.25, 0.3) is 11.7 Å². The van der Waals surface area contributed by atoms with Crippen LogP contribution in [0, 0.1) is 0 Å². The van der Waals surface area contributed by atoms with Crippen LogP contribution in [0.1, 0.15) is 12.5 Å². The molecule has 1 aromatic heterocycles. The molecule has 0 aliphatic rings. The van der Waals surface area contributed by atoms with Gasteiger partial charge in [0.2, 0.25) is 5.75 Å². The van der Waals surface area contributed by atoms with Gasteiger partial charge < -0.3 is 19.3 Å². The molecule has 1 amide bonds. The highest BCUT2D eigenvalue weighted by Gasteiger charge is 2.27. The summed E-state index contributed by atoms with van der Waals surface area (Å²) in [5.74, 6) is 1.76. The Morgan fingerprint density at radius 2 is 1.74 bits per heavy atom. The lowest BCUT2D eigenvalue weighted by molar-refractivity contribution is -0.625. The van der Waals surface area contributed by atoms with Crippen LogP contribution in [0.3, 0.4) is 0 Å². The van der Waals surface area contributed by atoms with Crippen molar-refractivity contribution in [2.75, 3.05) is 27.1 Å². The molecule has 11 heteroatoms. The van der Waals surface area contributed by atoms with Gasteiger partial charge in [-0.25, -0.2) is 5.43 Å². The second-order valence-corrected chi connectivity index (χ2v) is 8.93. The number of aromatic nitrogens is 3. The molecule has 0 bridgehead atoms. The lowest BCUT2D eigenvalue weighted by Gasteiger charge is -2.13. The smallest absolute Gasteiger partial charge is 0.342 e. The first-order valence-corrected chi connectivity index (χ1v) is 12.5. The number of carbonyl (C=O) groups is 1. The number of methoxy groups -OCH3 is 3. The van der Waals surface area contributed by atoms with E-state index in [1.807, 2.05) is 47.0 Å². The molecule has 1 heterocycles. The largest absolute Gasteiger partial charge is 0.872 e. The van der Waals surface area contributed by atoms with Crippen LogP contribution < -0.4 is 29.3 Å². The van der Waals surface area contributed by atoms with Gasteiger partial charge in [0.1, 0.15) is 5.69 Å². The number of carbonyl (C=O) groups excluding carboxylic acids is 1. The number of nitrogens with zero attached hydrogens (tertiary/aromatic N) is 3. The summed E-state index contributed by atoms with van der Waals surface area (Å²) in [6.07, 6.45) is 0. The van der Waals surface area contributed by atoms with Crippen LogP contribution in [-0.2, 0) is 4.79 Å². The highest BCUT2D eigenvalue weighted by molar-refractivity contribution is 7.99. The van der Waals surface area contributed by atoms with E-state index < -0.39 is 0 Å². The molecule has 0 unspecified atom stereocenters. The standard InChI is InChI=1S/C27H27N5O5S/c1-17(18-9-8-12-21(33)13-18)28-29-24(34)16-38-27-31-30-26(32(27)20-10-6-5-7-11-20)19-14-22(35-2)25(37-4)23(15-19)36-3/h5-15H,16H2,1-4H3,(H2,29,33,34)/b28-17-. The van der Waals surface area contributed by atoms with Crippen molar-refractivity contribution in [2.45, 2.75) is 12.1 Å². The number of ether oxygens (including phenoxy) is 3. The summed E-state index contributed by atoms with van der Waals surface area (Å²) in [6.45, 7) is 1.73. The molecule has 4 aromatic rings. The number of para-hydroxylation sites is 1. The fraction of sp³-hybridized carbons (Fsp3) is 0.185. The van der Waals surface area contributed by atoms with Crippen molar-refractivity contribution in [3.8, 4) is 40.1 Å². The van der Waals surface area contributed by atoms with E-state index in [1.165, 1.54) is 23.9 Å². The van der Waals surface area contributed by atoms with E-state index >= 15 is 0 Å². The first kappa shape index (κ1) is 26.6. The van der Waals surface area contributed by atoms with Gasteiger partial charge in [-0.15, -0.1) is 10.8 Å². The Morgan fingerprint density at radius 1 is 1.03 bits per heavy atom. The van der Waals surface area contributed by atoms with Gasteiger partial charge >= 0.3 is 5.16 Å². The number of aromatic amines is 1. The maximum Gasteiger partial charge on any atom is 0.342 e. The molecule has 0 spiro atoms. The van der Waals surface area contributed by atoms with Gasteiger partial charge in [-0.1, -0.05) is 42.5 Å². The average Bonchev–Trinajstić information content (AvgIpc) is 3.38. The van der Waals surface area contributed by atoms with Crippen molar-refractivity contribution in [3.63, 3.8) is 0 Å². The van der Waals surface area contributed by atoms with Crippen molar-refractivity contribution in [3.05, 3.63) is 72.3 Å². The van der Waals surface area contributed by atoms with Crippen LogP contribution in [0.15, 0.2) is 77.0 Å². The molecular weight excluding hydrogens is 506 g/mol. The van der Waals surface area contributed by atoms with E-state index in [-0.39, 0.29) is 17.4 Å². The highest BCUT2D eigenvalue weighted by atomic mass is 32.2. The third kappa shape index (κ3) is 5.89. The Labute approximate surface area is 224 Å². The average molecular weight is 534 g/mol. The zero-order valence-electron chi connectivity index (χ0n) is 21.3. The van der Waals surface area contributed by atoms with Crippen LogP contribution in [0.5, 0.6) is 23.0 Å². The predicted molar refractivity (Wildman–Crippen MR) is 142 cm³/mol. The number of amides is 1. The number of nitrogens with one attached hydrogen (secondary N) is 2. The first-order valence-electron chi connectivity index (χ1n) is 11.5. The minimum atomic E-state index is -0.315. The minimum Gasteiger partial charge on any atom is -0.872 e. The fourth-order valence-corrected chi connectivity index (χ4v) is 4.48. The molecule has 0 saturated carbocycles. The van der Waals surface area contributed by atoms with Gasteiger partial charge in [-0.2, -0.15) is 9.67 Å². The third-order valence-electron chi connectivity index (χ3n) is 5.56. The Balaban J connectivity index is 1.61. The van der Waals surface area contributed by atoms with Crippen LogP contribution >= 0.6 is 11.8 Å². The van der Waals surface area contributed by atoms with Gasteiger partial charge in [-0.3, -0.25) is 4.79 Å². The fourth-order valence-electron chi connectivity index (χ4n) is 3.72. The molecule has 10 nitrogen and oxygen atoms in total. The molecule has 0 aliphatic carbocycles. The molecule has 0 radical (unpaired) electrons. The van der Waals surface area contributed by atoms with E-state index in [9.17, 15) is 9.90 Å². The van der Waals surface area contributed by atoms with Crippen LogP contribution in [0.2, 0.25) is 0 Å². The maximum absolute atomic E-state index is 12.6. The molecule has 2 N–H and O–H groups in total. The lowest BCUT2D eigenvalue weighted by atomic mass is 10.1. The normalized spacial score (nSPS) is 11.2. The summed E-state index contributed by atoms with van der Waals surface area (Å²) in [4.78, 5) is 12.6. The summed E-state index contributed by atoms with van der Waals surface area (Å²) in [7, 11) is 4.66. The Kier molecular flexibility index (Phi) is 8.49. The van der Waals surface area contributed by atoms with E-state index in [1.54, 1.807) is 40.4 Å². The van der Waals surface area contributed by atoms with Crippen molar-refractivity contribution in [1.29, 1.82) is 0 Å². The number of H-pyrrole nitrogens is 1. The Hall–Kier alpha value is -4.51. The topological polar surface area (TPSA) is 125 Å². The first-order chi connectivity index (χ1) is 18.4. The molecule has 38 heavy (non-hydrogen) atoms. The summed E-state index contributed by atoms with van der Waals surface area (Å²) in [5.41, 5.74) is 5.31. The summed E-state index contributed by atoms with van der Waals surface area (Å²) in [6, 6.07) is 19.6. The minimum absolute atomic E-state index is 0.0603. The second-order valence-electron chi connectivity index (χ2n) is 7.99. The van der Waals surface area contributed by atoms with E-state index in [0.29, 0.717) is 39.5 Å². The molecule has 0 atom stereocenters. The Morgan fingerprint density at radius 3 is 2.37 bits per heavy atom. The third-order valence-corrected chi connectivity index (χ3v) is 6.50. The zero-order valence-corrected chi connectivity index (χ0v) is 22.2. The summed E-state index contributed by atoms with van der Waals surface area (Å²) < 4.78 is 18.4. The number of benzene rings is 3. The number of rotatable bonds is 10.